The maximum Gasteiger partial charge on any atom is 0.268 e. The number of ether oxygens (including phenoxy) is 1. The van der Waals surface area contributed by atoms with Gasteiger partial charge in [-0.1, -0.05) is 38.1 Å². The van der Waals surface area contributed by atoms with Crippen molar-refractivity contribution in [1.82, 2.24) is 0 Å². The van der Waals surface area contributed by atoms with Gasteiger partial charge < -0.3 is 14.7 Å². The highest BCUT2D eigenvalue weighted by atomic mass is 16.5. The Hall–Kier alpha value is -2.49. The van der Waals surface area contributed by atoms with Crippen LogP contribution in [0.3, 0.4) is 0 Å². The highest BCUT2D eigenvalue weighted by Crippen LogP contribution is 2.37. The Kier molecular flexibility index (Phi) is 4.47. The molecule has 24 heavy (non-hydrogen) atoms. The lowest BCUT2D eigenvalue weighted by Gasteiger charge is -2.34. The molecular formula is C20H23NO3. The number of amides is 1. The van der Waals surface area contributed by atoms with Crippen LogP contribution in [-0.4, -0.2) is 23.7 Å². The molecule has 0 bridgehead atoms. The van der Waals surface area contributed by atoms with Gasteiger partial charge in [0.25, 0.3) is 5.91 Å². The van der Waals surface area contributed by atoms with E-state index in [1.165, 1.54) is 5.56 Å². The number of aromatic hydroxyl groups is 1. The summed E-state index contributed by atoms with van der Waals surface area (Å²) in [6, 6.07) is 13.1. The summed E-state index contributed by atoms with van der Waals surface area (Å²) < 4.78 is 5.97. The molecule has 1 aliphatic heterocycles. The van der Waals surface area contributed by atoms with Crippen LogP contribution in [0.15, 0.2) is 42.5 Å². The maximum absolute atomic E-state index is 12.8. The molecule has 1 amide bonds. The quantitative estimate of drug-likeness (QED) is 0.928. The zero-order chi connectivity index (χ0) is 17.3. The van der Waals surface area contributed by atoms with E-state index in [2.05, 4.69) is 26.0 Å². The second-order valence-corrected chi connectivity index (χ2v) is 6.40. The molecule has 1 aliphatic rings. The first-order chi connectivity index (χ1) is 11.5. The molecule has 0 radical (unpaired) electrons. The third-order valence-corrected chi connectivity index (χ3v) is 4.44. The monoisotopic (exact) mass is 325 g/mol. The summed E-state index contributed by atoms with van der Waals surface area (Å²) in [4.78, 5) is 14.5. The van der Waals surface area contributed by atoms with E-state index >= 15 is 0 Å². The van der Waals surface area contributed by atoms with Gasteiger partial charge in [-0.25, -0.2) is 0 Å². The molecule has 1 heterocycles. The fourth-order valence-corrected chi connectivity index (χ4v) is 3.25. The molecule has 1 atom stereocenters. The minimum absolute atomic E-state index is 0.0610. The van der Waals surface area contributed by atoms with Gasteiger partial charge in [-0.3, -0.25) is 4.79 Å². The van der Waals surface area contributed by atoms with Crippen LogP contribution in [0.2, 0.25) is 0 Å². The lowest BCUT2D eigenvalue weighted by Crippen LogP contribution is -2.46. The first-order valence-electron chi connectivity index (χ1n) is 8.40. The molecule has 3 rings (SSSR count). The Balaban J connectivity index is 1.93. The zero-order valence-corrected chi connectivity index (χ0v) is 14.3. The minimum Gasteiger partial charge on any atom is -0.508 e. The molecule has 0 fully saturated rings. The van der Waals surface area contributed by atoms with Crippen LogP contribution in [-0.2, 0) is 11.2 Å². The van der Waals surface area contributed by atoms with Crippen molar-refractivity contribution in [3.8, 4) is 11.5 Å². The predicted octanol–water partition coefficient (Wildman–Crippen LogP) is 3.87. The third kappa shape index (κ3) is 2.96. The molecule has 4 heteroatoms. The van der Waals surface area contributed by atoms with Crippen LogP contribution >= 0.6 is 0 Å². The van der Waals surface area contributed by atoms with Gasteiger partial charge in [-0.05, 0) is 36.1 Å². The number of nitrogens with zero attached hydrogens (tertiary/aromatic N) is 1. The molecule has 0 aliphatic carbocycles. The summed E-state index contributed by atoms with van der Waals surface area (Å²) in [5, 5.41) is 9.69. The smallest absolute Gasteiger partial charge is 0.268 e. The van der Waals surface area contributed by atoms with Crippen molar-refractivity contribution in [2.75, 3.05) is 11.4 Å². The number of benzene rings is 2. The summed E-state index contributed by atoms with van der Waals surface area (Å²) >= 11 is 0. The third-order valence-electron chi connectivity index (χ3n) is 4.44. The number of carbonyl (C=O) groups is 1. The van der Waals surface area contributed by atoms with Crippen molar-refractivity contribution in [2.45, 2.75) is 39.2 Å². The fraction of sp³-hybridized carbons (Fsp3) is 0.350. The van der Waals surface area contributed by atoms with Crippen LogP contribution in [0.1, 0.15) is 37.8 Å². The van der Waals surface area contributed by atoms with E-state index in [1.807, 2.05) is 19.1 Å². The molecule has 4 nitrogen and oxygen atoms in total. The van der Waals surface area contributed by atoms with E-state index in [0.29, 0.717) is 30.3 Å². The highest BCUT2D eigenvalue weighted by Gasteiger charge is 2.34. The second-order valence-electron chi connectivity index (χ2n) is 6.40. The minimum atomic E-state index is -0.540. The van der Waals surface area contributed by atoms with E-state index in [-0.39, 0.29) is 11.7 Å². The first kappa shape index (κ1) is 16.4. The van der Waals surface area contributed by atoms with E-state index in [0.717, 1.165) is 5.56 Å². The average molecular weight is 325 g/mol. The lowest BCUT2D eigenvalue weighted by molar-refractivity contribution is -0.126. The number of phenols is 1. The molecule has 0 spiro atoms. The summed E-state index contributed by atoms with van der Waals surface area (Å²) in [5.41, 5.74) is 3.02. The van der Waals surface area contributed by atoms with Crippen molar-refractivity contribution < 1.29 is 14.6 Å². The topological polar surface area (TPSA) is 49.8 Å². The fourth-order valence-electron chi connectivity index (χ4n) is 3.25. The van der Waals surface area contributed by atoms with Gasteiger partial charge in [0.2, 0.25) is 0 Å². The van der Waals surface area contributed by atoms with Gasteiger partial charge >= 0.3 is 0 Å². The Bertz CT molecular complexity index is 754. The molecule has 2 aromatic carbocycles. The molecule has 2 aromatic rings. The number of hydrogen-bond acceptors (Lipinski definition) is 3. The number of anilines is 1. The van der Waals surface area contributed by atoms with Gasteiger partial charge in [0.15, 0.2) is 6.10 Å². The molecule has 1 N–H and O–H groups in total. The molecule has 0 aromatic heterocycles. The van der Waals surface area contributed by atoms with Crippen molar-refractivity contribution in [1.29, 1.82) is 0 Å². The number of hydrogen-bond donors (Lipinski definition) is 1. The molecule has 0 saturated heterocycles. The SMILES string of the molecule is CCN1C(=O)C(Cc2ccccc2C(C)C)Oc2ccc(O)cc21. The number of phenolic OH excluding ortho intramolecular Hbond substituents is 1. The zero-order valence-electron chi connectivity index (χ0n) is 14.3. The Labute approximate surface area is 142 Å². The van der Waals surface area contributed by atoms with Crippen molar-refractivity contribution >= 4 is 11.6 Å². The van der Waals surface area contributed by atoms with Gasteiger partial charge in [0, 0.05) is 19.0 Å². The van der Waals surface area contributed by atoms with Crippen molar-refractivity contribution in [2.24, 2.45) is 0 Å². The lowest BCUT2D eigenvalue weighted by atomic mass is 9.93. The molecule has 1 unspecified atom stereocenters. The summed E-state index contributed by atoms with van der Waals surface area (Å²) in [6.45, 7) is 6.77. The largest absolute Gasteiger partial charge is 0.508 e. The van der Waals surface area contributed by atoms with Gasteiger partial charge in [-0.15, -0.1) is 0 Å². The van der Waals surface area contributed by atoms with E-state index < -0.39 is 6.10 Å². The van der Waals surface area contributed by atoms with Crippen LogP contribution in [0.5, 0.6) is 11.5 Å². The molecule has 126 valence electrons. The molecular weight excluding hydrogens is 302 g/mol. The van der Waals surface area contributed by atoms with Crippen molar-refractivity contribution in [3.63, 3.8) is 0 Å². The average Bonchev–Trinajstić information content (AvgIpc) is 2.56. The van der Waals surface area contributed by atoms with Crippen LogP contribution in [0.25, 0.3) is 0 Å². The highest BCUT2D eigenvalue weighted by molar-refractivity contribution is 6.00. The summed E-state index contributed by atoms with van der Waals surface area (Å²) in [5.74, 6) is 1.11. The number of carbonyl (C=O) groups excluding carboxylic acids is 1. The number of rotatable bonds is 4. The summed E-state index contributed by atoms with van der Waals surface area (Å²) in [6.07, 6.45) is 0.00572. The van der Waals surface area contributed by atoms with Gasteiger partial charge in [-0.2, -0.15) is 0 Å². The van der Waals surface area contributed by atoms with Crippen LogP contribution in [0, 0.1) is 0 Å². The van der Waals surface area contributed by atoms with Gasteiger partial charge in [0.1, 0.15) is 11.5 Å². The van der Waals surface area contributed by atoms with Gasteiger partial charge in [0.05, 0.1) is 5.69 Å². The van der Waals surface area contributed by atoms with Crippen molar-refractivity contribution in [3.05, 3.63) is 53.6 Å². The normalized spacial score (nSPS) is 16.9. The standard InChI is InChI=1S/C20H23NO3/c1-4-21-17-12-15(22)9-10-18(17)24-19(20(21)23)11-14-7-5-6-8-16(14)13(2)3/h5-10,12-13,19,22H,4,11H2,1-3H3. The van der Waals surface area contributed by atoms with Crippen LogP contribution < -0.4 is 9.64 Å². The second kappa shape index (κ2) is 6.56. The first-order valence-corrected chi connectivity index (χ1v) is 8.40. The van der Waals surface area contributed by atoms with E-state index in [9.17, 15) is 9.90 Å². The maximum atomic E-state index is 12.8. The van der Waals surface area contributed by atoms with E-state index in [4.69, 9.17) is 4.74 Å². The van der Waals surface area contributed by atoms with E-state index in [1.54, 1.807) is 23.1 Å². The van der Waals surface area contributed by atoms with Crippen LogP contribution in [0.4, 0.5) is 5.69 Å². The number of likely N-dealkylation sites (N-methyl/N-ethyl adjacent to an activating group) is 1. The Morgan fingerprint density at radius 2 is 1.96 bits per heavy atom. The summed E-state index contributed by atoms with van der Waals surface area (Å²) in [7, 11) is 0. The Morgan fingerprint density at radius 1 is 1.21 bits per heavy atom. The molecule has 0 saturated carbocycles. The Morgan fingerprint density at radius 3 is 2.67 bits per heavy atom. The number of fused-ring (bicyclic) bond motifs is 1. The predicted molar refractivity (Wildman–Crippen MR) is 94.8 cm³/mol.